The summed E-state index contributed by atoms with van der Waals surface area (Å²) >= 11 is 5.48. The molecule has 3 rings (SSSR count). The van der Waals surface area contributed by atoms with Crippen LogP contribution in [0.4, 0.5) is 5.69 Å². The van der Waals surface area contributed by atoms with Gasteiger partial charge in [0.2, 0.25) is 0 Å². The van der Waals surface area contributed by atoms with E-state index >= 15 is 0 Å². The molecule has 148 valence electrons. The summed E-state index contributed by atoms with van der Waals surface area (Å²) < 4.78 is 0. The van der Waals surface area contributed by atoms with Crippen LogP contribution in [0.5, 0.6) is 0 Å². The number of rotatable bonds is 4. The van der Waals surface area contributed by atoms with Crippen LogP contribution in [-0.4, -0.2) is 29.0 Å². The lowest BCUT2D eigenvalue weighted by Gasteiger charge is -2.26. The highest BCUT2D eigenvalue weighted by Gasteiger charge is 2.18. The number of hydrogen-bond donors (Lipinski definition) is 2. The van der Waals surface area contributed by atoms with Gasteiger partial charge in [0, 0.05) is 24.3 Å². The van der Waals surface area contributed by atoms with E-state index in [9.17, 15) is 4.79 Å². The van der Waals surface area contributed by atoms with Gasteiger partial charge in [-0.15, -0.1) is 0 Å². The Morgan fingerprint density at radius 1 is 1.04 bits per heavy atom. The fourth-order valence-electron chi connectivity index (χ4n) is 3.64. The Hall–Kier alpha value is -2.40. The maximum absolute atomic E-state index is 12.6. The molecule has 0 radical (unpaired) electrons. The molecule has 1 atom stereocenters. The molecular formula is C23H29N3OS. The average Bonchev–Trinajstić information content (AvgIpc) is 2.70. The summed E-state index contributed by atoms with van der Waals surface area (Å²) in [4.78, 5) is 14.5. The minimum absolute atomic E-state index is 0.111. The van der Waals surface area contributed by atoms with E-state index in [1.54, 1.807) is 0 Å². The number of amides is 1. The van der Waals surface area contributed by atoms with Crippen LogP contribution in [0.3, 0.4) is 0 Å². The monoisotopic (exact) mass is 395 g/mol. The Balaban J connectivity index is 1.58. The van der Waals surface area contributed by atoms with Crippen molar-refractivity contribution in [3.63, 3.8) is 0 Å². The molecule has 2 N–H and O–H groups in total. The molecule has 4 nitrogen and oxygen atoms in total. The Labute approximate surface area is 173 Å². The number of nitrogens with one attached hydrogen (secondary N) is 2. The number of aryl methyl sites for hydroxylation is 2. The molecule has 1 heterocycles. The molecule has 0 bridgehead atoms. The summed E-state index contributed by atoms with van der Waals surface area (Å²) in [6.45, 7) is 8.04. The normalized spacial score (nSPS) is 15.0. The van der Waals surface area contributed by atoms with Crippen molar-refractivity contribution in [1.29, 1.82) is 0 Å². The second-order valence-corrected chi connectivity index (χ2v) is 8.02. The first-order chi connectivity index (χ1) is 13.4. The quantitative estimate of drug-likeness (QED) is 0.717. The van der Waals surface area contributed by atoms with E-state index < -0.39 is 0 Å². The number of piperidine rings is 1. The number of hydrogen-bond acceptors (Lipinski definition) is 2. The Morgan fingerprint density at radius 3 is 2.39 bits per heavy atom. The van der Waals surface area contributed by atoms with Crippen LogP contribution in [0, 0.1) is 13.8 Å². The second-order valence-electron chi connectivity index (χ2n) is 7.61. The molecule has 1 fully saturated rings. The third-order valence-electron chi connectivity index (χ3n) is 5.28. The summed E-state index contributed by atoms with van der Waals surface area (Å²) in [5.74, 6) is 0.121. The molecule has 2 aromatic rings. The molecule has 1 aliphatic heterocycles. The number of thiocarbonyl (C=S) groups is 1. The first kappa shape index (κ1) is 20.3. The van der Waals surface area contributed by atoms with Crippen molar-refractivity contribution < 1.29 is 4.79 Å². The maximum atomic E-state index is 12.6. The van der Waals surface area contributed by atoms with Gasteiger partial charge in [0.25, 0.3) is 5.91 Å². The zero-order valence-corrected chi connectivity index (χ0v) is 17.7. The molecule has 0 unspecified atom stereocenters. The van der Waals surface area contributed by atoms with E-state index in [-0.39, 0.29) is 11.9 Å². The zero-order chi connectivity index (χ0) is 20.1. The summed E-state index contributed by atoms with van der Waals surface area (Å²) in [6, 6.07) is 14.1. The van der Waals surface area contributed by atoms with Crippen LogP contribution in [0.15, 0.2) is 42.5 Å². The topological polar surface area (TPSA) is 44.4 Å². The van der Waals surface area contributed by atoms with Crippen LogP contribution in [-0.2, 0) is 0 Å². The Morgan fingerprint density at radius 2 is 1.71 bits per heavy atom. The van der Waals surface area contributed by atoms with Crippen LogP contribution >= 0.6 is 12.2 Å². The van der Waals surface area contributed by atoms with Gasteiger partial charge in [-0.25, -0.2) is 0 Å². The van der Waals surface area contributed by atoms with Gasteiger partial charge in [-0.05, 0) is 87.6 Å². The van der Waals surface area contributed by atoms with E-state index in [1.165, 1.54) is 23.1 Å². The number of carbonyl (C=O) groups excluding carboxylic acids is 1. The average molecular weight is 396 g/mol. The SMILES string of the molecule is Cc1ccc(C)c([C@H](C)NC(=S)Nc2ccc(C(=O)N3CCCCC3)cc2)c1. The van der Waals surface area contributed by atoms with E-state index in [0.29, 0.717) is 5.11 Å². The lowest BCUT2D eigenvalue weighted by molar-refractivity contribution is 0.0724. The zero-order valence-electron chi connectivity index (χ0n) is 16.9. The number of anilines is 1. The predicted molar refractivity (Wildman–Crippen MR) is 120 cm³/mol. The standard InChI is InChI=1S/C23H29N3OS/c1-16-7-8-17(2)21(15-16)18(3)24-23(28)25-20-11-9-19(10-12-20)22(27)26-13-5-4-6-14-26/h7-12,15,18H,4-6,13-14H2,1-3H3,(H2,24,25,28)/t18-/m0/s1. The Bertz CT molecular complexity index is 841. The van der Waals surface area contributed by atoms with Crippen molar-refractivity contribution in [2.45, 2.75) is 46.1 Å². The molecule has 1 saturated heterocycles. The molecule has 0 spiro atoms. The van der Waals surface area contributed by atoms with Gasteiger partial charge >= 0.3 is 0 Å². The van der Waals surface area contributed by atoms with Crippen LogP contribution in [0.1, 0.15) is 59.3 Å². The first-order valence-electron chi connectivity index (χ1n) is 9.98. The fraction of sp³-hybridized carbons (Fsp3) is 0.391. The summed E-state index contributed by atoms with van der Waals surface area (Å²) in [6.07, 6.45) is 3.42. The lowest BCUT2D eigenvalue weighted by atomic mass is 10.0. The van der Waals surface area contributed by atoms with Crippen LogP contribution in [0.25, 0.3) is 0 Å². The summed E-state index contributed by atoms with van der Waals surface area (Å²) in [7, 11) is 0. The second kappa shape index (κ2) is 9.20. The third kappa shape index (κ3) is 5.10. The van der Waals surface area contributed by atoms with E-state index in [4.69, 9.17) is 12.2 Å². The van der Waals surface area contributed by atoms with Crippen molar-refractivity contribution in [2.75, 3.05) is 18.4 Å². The van der Waals surface area contributed by atoms with Gasteiger partial charge in [0.05, 0.1) is 6.04 Å². The minimum atomic E-state index is 0.111. The van der Waals surface area contributed by atoms with Crippen molar-refractivity contribution in [3.8, 4) is 0 Å². The van der Waals surface area contributed by atoms with E-state index in [1.807, 2.05) is 29.2 Å². The molecule has 1 aliphatic rings. The largest absolute Gasteiger partial charge is 0.356 e. The smallest absolute Gasteiger partial charge is 0.253 e. The number of carbonyl (C=O) groups is 1. The van der Waals surface area contributed by atoms with Gasteiger partial charge in [0.15, 0.2) is 5.11 Å². The first-order valence-corrected chi connectivity index (χ1v) is 10.4. The Kier molecular flexibility index (Phi) is 6.68. The molecule has 5 heteroatoms. The van der Waals surface area contributed by atoms with Gasteiger partial charge in [-0.3, -0.25) is 4.79 Å². The van der Waals surface area contributed by atoms with Gasteiger partial charge in [-0.2, -0.15) is 0 Å². The summed E-state index contributed by atoms with van der Waals surface area (Å²) in [5.41, 5.74) is 5.33. The number of benzene rings is 2. The van der Waals surface area contributed by atoms with Gasteiger partial charge < -0.3 is 15.5 Å². The van der Waals surface area contributed by atoms with Crippen LogP contribution < -0.4 is 10.6 Å². The molecular weight excluding hydrogens is 366 g/mol. The molecule has 0 aromatic heterocycles. The molecule has 2 aromatic carbocycles. The van der Waals surface area contributed by atoms with E-state index in [0.717, 1.165) is 37.2 Å². The van der Waals surface area contributed by atoms with Crippen molar-refractivity contribution in [3.05, 3.63) is 64.7 Å². The fourth-order valence-corrected chi connectivity index (χ4v) is 3.94. The lowest BCUT2D eigenvalue weighted by Crippen LogP contribution is -2.35. The highest BCUT2D eigenvalue weighted by molar-refractivity contribution is 7.80. The van der Waals surface area contributed by atoms with Gasteiger partial charge in [-0.1, -0.05) is 23.8 Å². The van der Waals surface area contributed by atoms with Crippen LogP contribution in [0.2, 0.25) is 0 Å². The highest BCUT2D eigenvalue weighted by atomic mass is 32.1. The van der Waals surface area contributed by atoms with Crippen molar-refractivity contribution >= 4 is 28.9 Å². The summed E-state index contributed by atoms with van der Waals surface area (Å²) in [5, 5.41) is 7.14. The molecule has 1 amide bonds. The van der Waals surface area contributed by atoms with E-state index in [2.05, 4.69) is 49.6 Å². The maximum Gasteiger partial charge on any atom is 0.253 e. The predicted octanol–water partition coefficient (Wildman–Crippen LogP) is 4.98. The minimum Gasteiger partial charge on any atom is -0.356 e. The molecule has 0 aliphatic carbocycles. The van der Waals surface area contributed by atoms with Gasteiger partial charge in [0.1, 0.15) is 0 Å². The molecule has 28 heavy (non-hydrogen) atoms. The molecule has 0 saturated carbocycles. The van der Waals surface area contributed by atoms with Crippen molar-refractivity contribution in [1.82, 2.24) is 10.2 Å². The van der Waals surface area contributed by atoms with Crippen molar-refractivity contribution in [2.24, 2.45) is 0 Å². The number of likely N-dealkylation sites (tertiary alicyclic amines) is 1. The highest BCUT2D eigenvalue weighted by Crippen LogP contribution is 2.20. The third-order valence-corrected chi connectivity index (χ3v) is 5.50. The number of nitrogens with zero attached hydrogens (tertiary/aromatic N) is 1.